The third kappa shape index (κ3) is 4.12. The fraction of sp³-hybridized carbons (Fsp3) is 0.231. The van der Waals surface area contributed by atoms with E-state index in [-0.39, 0.29) is 17.3 Å². The molecule has 0 fully saturated rings. The van der Waals surface area contributed by atoms with Crippen molar-refractivity contribution in [2.24, 2.45) is 0 Å². The van der Waals surface area contributed by atoms with Gasteiger partial charge in [0.1, 0.15) is 10.4 Å². The van der Waals surface area contributed by atoms with Gasteiger partial charge in [-0.2, -0.15) is 4.98 Å². The third-order valence-electron chi connectivity index (χ3n) is 2.52. The number of rotatable bonds is 5. The highest BCUT2D eigenvalue weighted by atomic mass is 79.9. The average molecular weight is 373 g/mol. The third-order valence-corrected chi connectivity index (χ3v) is 3.17. The highest BCUT2D eigenvalue weighted by Gasteiger charge is 2.17. The Balaban J connectivity index is 2.37. The van der Waals surface area contributed by atoms with Gasteiger partial charge in [0.15, 0.2) is 0 Å². The first-order valence-electron chi connectivity index (χ1n) is 6.15. The molecule has 0 radical (unpaired) electrons. The van der Waals surface area contributed by atoms with Gasteiger partial charge in [-0.25, -0.2) is 4.98 Å². The van der Waals surface area contributed by atoms with Gasteiger partial charge >= 0.3 is 5.69 Å². The summed E-state index contributed by atoms with van der Waals surface area (Å²) in [5.74, 6) is 0.873. The van der Waals surface area contributed by atoms with E-state index in [1.807, 2.05) is 6.92 Å². The lowest BCUT2D eigenvalue weighted by Crippen LogP contribution is -1.99. The predicted octanol–water partition coefficient (Wildman–Crippen LogP) is 4.55. The lowest BCUT2D eigenvalue weighted by Gasteiger charge is -2.07. The minimum Gasteiger partial charge on any atom is -0.432 e. The van der Waals surface area contributed by atoms with Crippen LogP contribution in [0.15, 0.2) is 28.9 Å². The Kier molecular flexibility index (Phi) is 5.08. The van der Waals surface area contributed by atoms with E-state index in [9.17, 15) is 10.1 Å². The van der Waals surface area contributed by atoms with E-state index in [2.05, 4.69) is 25.9 Å². The van der Waals surface area contributed by atoms with Gasteiger partial charge < -0.3 is 4.74 Å². The molecule has 0 aliphatic rings. The number of halogens is 2. The molecule has 0 amide bonds. The summed E-state index contributed by atoms with van der Waals surface area (Å²) < 4.78 is 6.07. The number of ether oxygens (including phenoxy) is 1. The first-order chi connectivity index (χ1) is 9.99. The molecule has 0 saturated heterocycles. The number of hydrogen-bond acceptors (Lipinski definition) is 5. The summed E-state index contributed by atoms with van der Waals surface area (Å²) in [6.07, 6.45) is 1.57. The monoisotopic (exact) mass is 371 g/mol. The molecule has 21 heavy (non-hydrogen) atoms. The van der Waals surface area contributed by atoms with E-state index in [4.69, 9.17) is 16.3 Å². The molecule has 1 aromatic carbocycles. The van der Waals surface area contributed by atoms with Crippen molar-refractivity contribution in [3.8, 4) is 11.6 Å². The van der Waals surface area contributed by atoms with Gasteiger partial charge in [0.2, 0.25) is 11.6 Å². The maximum Gasteiger partial charge on any atom is 0.311 e. The zero-order valence-electron chi connectivity index (χ0n) is 11.0. The molecule has 0 aliphatic carbocycles. The number of aryl methyl sites for hydroxylation is 1. The maximum atomic E-state index is 11.0. The van der Waals surface area contributed by atoms with Crippen LogP contribution in [0.2, 0.25) is 5.02 Å². The maximum absolute atomic E-state index is 11.0. The normalized spacial score (nSPS) is 10.4. The lowest BCUT2D eigenvalue weighted by atomic mass is 10.3. The highest BCUT2D eigenvalue weighted by Crippen LogP contribution is 2.33. The highest BCUT2D eigenvalue weighted by molar-refractivity contribution is 9.10. The summed E-state index contributed by atoms with van der Waals surface area (Å²) in [7, 11) is 0. The van der Waals surface area contributed by atoms with Gasteiger partial charge in [0.25, 0.3) is 0 Å². The molecule has 6 nitrogen and oxygen atoms in total. The van der Waals surface area contributed by atoms with Crippen molar-refractivity contribution in [3.05, 3.63) is 49.8 Å². The number of aromatic nitrogens is 2. The molecule has 1 aromatic heterocycles. The Morgan fingerprint density at radius 3 is 2.81 bits per heavy atom. The second kappa shape index (κ2) is 6.82. The van der Waals surface area contributed by atoms with Crippen molar-refractivity contribution in [2.45, 2.75) is 19.8 Å². The Labute approximate surface area is 134 Å². The van der Waals surface area contributed by atoms with Gasteiger partial charge in [-0.15, -0.1) is 0 Å². The zero-order valence-corrected chi connectivity index (χ0v) is 13.4. The van der Waals surface area contributed by atoms with Gasteiger partial charge in [-0.3, -0.25) is 10.1 Å². The Morgan fingerprint density at radius 1 is 1.38 bits per heavy atom. The first-order valence-corrected chi connectivity index (χ1v) is 7.32. The van der Waals surface area contributed by atoms with Crippen molar-refractivity contribution in [2.75, 3.05) is 0 Å². The van der Waals surface area contributed by atoms with E-state index in [1.165, 1.54) is 18.2 Å². The summed E-state index contributed by atoms with van der Waals surface area (Å²) in [6, 6.07) is 5.66. The first kappa shape index (κ1) is 15.7. The molecule has 1 heterocycles. The van der Waals surface area contributed by atoms with Crippen LogP contribution in [-0.4, -0.2) is 14.9 Å². The van der Waals surface area contributed by atoms with Crippen molar-refractivity contribution >= 4 is 33.2 Å². The quantitative estimate of drug-likeness (QED) is 0.437. The van der Waals surface area contributed by atoms with E-state index in [1.54, 1.807) is 6.07 Å². The van der Waals surface area contributed by atoms with Gasteiger partial charge in [0.05, 0.1) is 4.92 Å². The SMILES string of the molecule is CCCc1nc(Br)cc(Oc2cc(Cl)ccc2[N+](=O)[O-])n1. The van der Waals surface area contributed by atoms with Crippen LogP contribution in [0.5, 0.6) is 11.6 Å². The minimum atomic E-state index is -0.533. The molecule has 0 unspecified atom stereocenters. The molecule has 110 valence electrons. The van der Waals surface area contributed by atoms with Crippen LogP contribution in [0.4, 0.5) is 5.69 Å². The van der Waals surface area contributed by atoms with Crippen LogP contribution in [0, 0.1) is 10.1 Å². The van der Waals surface area contributed by atoms with Crippen molar-refractivity contribution in [1.29, 1.82) is 0 Å². The second-order valence-electron chi connectivity index (χ2n) is 4.17. The Hall–Kier alpha value is -1.73. The van der Waals surface area contributed by atoms with Crippen molar-refractivity contribution in [1.82, 2.24) is 9.97 Å². The topological polar surface area (TPSA) is 78.2 Å². The number of hydrogen-bond donors (Lipinski definition) is 0. The number of nitrogens with zero attached hydrogens (tertiary/aromatic N) is 3. The standard InChI is InChI=1S/C13H11BrClN3O3/c1-2-3-12-16-11(14)7-13(17-12)21-10-6-8(15)4-5-9(10)18(19)20/h4-7H,2-3H2,1H3. The second-order valence-corrected chi connectivity index (χ2v) is 5.42. The molecular formula is C13H11BrClN3O3. The predicted molar refractivity (Wildman–Crippen MR) is 81.9 cm³/mol. The minimum absolute atomic E-state index is 0.0422. The van der Waals surface area contributed by atoms with Crippen LogP contribution < -0.4 is 4.74 Å². The van der Waals surface area contributed by atoms with Crippen molar-refractivity contribution in [3.63, 3.8) is 0 Å². The zero-order chi connectivity index (χ0) is 15.4. The number of benzene rings is 1. The van der Waals surface area contributed by atoms with E-state index in [0.717, 1.165) is 6.42 Å². The molecule has 2 rings (SSSR count). The molecule has 0 saturated carbocycles. The van der Waals surface area contributed by atoms with Crippen molar-refractivity contribution < 1.29 is 9.66 Å². The van der Waals surface area contributed by atoms with Crippen LogP contribution in [0.1, 0.15) is 19.2 Å². The Morgan fingerprint density at radius 2 is 2.14 bits per heavy atom. The lowest BCUT2D eigenvalue weighted by molar-refractivity contribution is -0.385. The van der Waals surface area contributed by atoms with E-state index in [0.29, 0.717) is 21.9 Å². The summed E-state index contributed by atoms with van der Waals surface area (Å²) in [4.78, 5) is 18.9. The largest absolute Gasteiger partial charge is 0.432 e. The van der Waals surface area contributed by atoms with Gasteiger partial charge in [0, 0.05) is 29.6 Å². The van der Waals surface area contributed by atoms with E-state index >= 15 is 0 Å². The van der Waals surface area contributed by atoms with Gasteiger partial charge in [-0.1, -0.05) is 18.5 Å². The molecule has 2 aromatic rings. The molecule has 0 aliphatic heterocycles. The van der Waals surface area contributed by atoms with Crippen LogP contribution in [-0.2, 0) is 6.42 Å². The smallest absolute Gasteiger partial charge is 0.311 e. The van der Waals surface area contributed by atoms with Gasteiger partial charge in [-0.05, 0) is 28.4 Å². The molecule has 8 heteroatoms. The molecule has 0 atom stereocenters. The van der Waals surface area contributed by atoms with E-state index < -0.39 is 4.92 Å². The van der Waals surface area contributed by atoms with Crippen LogP contribution >= 0.6 is 27.5 Å². The fourth-order valence-electron chi connectivity index (χ4n) is 1.66. The fourth-order valence-corrected chi connectivity index (χ4v) is 2.23. The van der Waals surface area contributed by atoms with Crippen LogP contribution in [0.3, 0.4) is 0 Å². The number of nitro benzene ring substituents is 1. The summed E-state index contributed by atoms with van der Waals surface area (Å²) in [5.41, 5.74) is -0.175. The molecule has 0 spiro atoms. The molecular weight excluding hydrogens is 362 g/mol. The summed E-state index contributed by atoms with van der Waals surface area (Å²) in [6.45, 7) is 2.01. The Bertz CT molecular complexity index is 682. The molecule has 0 bridgehead atoms. The number of nitro groups is 1. The summed E-state index contributed by atoms with van der Waals surface area (Å²) >= 11 is 9.12. The molecule has 0 N–H and O–H groups in total. The average Bonchev–Trinajstić information content (AvgIpc) is 2.38. The van der Waals surface area contributed by atoms with Crippen LogP contribution in [0.25, 0.3) is 0 Å². The summed E-state index contributed by atoms with van der Waals surface area (Å²) in [5, 5.41) is 11.3.